The largest absolute Gasteiger partial charge is 0.353 e. The molecule has 1 aromatic heterocycles. The summed E-state index contributed by atoms with van der Waals surface area (Å²) in [4.78, 5) is 25.1. The second-order valence-corrected chi connectivity index (χ2v) is 12.7. The standard InChI is InChI=1S/C31H43Cl2N5O.H2/c1-22-20-37(16-17-38(22)28-12-14-36(15-13-28)21-24-8-10-27(32)11-9-24)30-29(33)18-26(19-34-30)31(39)35-23(2)25-6-4-3-5-7-25;/h8-11,18-19,22-23,25,28H,3-7,12-17,20-21H2,1-2H3,(H,35,39);1H/t22-,23+;/m0./s1. The molecule has 2 aromatic rings. The smallest absolute Gasteiger partial charge is 0.253 e. The zero-order chi connectivity index (χ0) is 27.4. The molecule has 2 saturated heterocycles. The Hall–Kier alpha value is -1.86. The Morgan fingerprint density at radius 1 is 1.05 bits per heavy atom. The van der Waals surface area contributed by atoms with Crippen molar-refractivity contribution in [2.75, 3.05) is 37.6 Å². The molecule has 0 unspecified atom stereocenters. The van der Waals surface area contributed by atoms with Gasteiger partial charge in [0.15, 0.2) is 0 Å². The summed E-state index contributed by atoms with van der Waals surface area (Å²) in [5, 5.41) is 4.55. The van der Waals surface area contributed by atoms with Gasteiger partial charge in [-0.2, -0.15) is 0 Å². The summed E-state index contributed by atoms with van der Waals surface area (Å²) in [6.45, 7) is 10.5. The molecule has 0 spiro atoms. The van der Waals surface area contributed by atoms with Crippen LogP contribution >= 0.6 is 23.2 Å². The molecule has 6 nitrogen and oxygen atoms in total. The molecular formula is C31H45Cl2N5O. The van der Waals surface area contributed by atoms with Crippen molar-refractivity contribution in [2.24, 2.45) is 5.92 Å². The summed E-state index contributed by atoms with van der Waals surface area (Å²) in [5.41, 5.74) is 1.87. The third kappa shape index (κ3) is 7.27. The molecule has 2 atom stereocenters. The molecule has 3 aliphatic rings. The highest BCUT2D eigenvalue weighted by Crippen LogP contribution is 2.30. The molecule has 1 saturated carbocycles. The number of piperidine rings is 1. The quantitative estimate of drug-likeness (QED) is 0.409. The molecule has 3 heterocycles. The number of carbonyl (C=O) groups is 1. The van der Waals surface area contributed by atoms with E-state index in [9.17, 15) is 4.79 Å². The summed E-state index contributed by atoms with van der Waals surface area (Å²) < 4.78 is 0. The van der Waals surface area contributed by atoms with Crippen molar-refractivity contribution in [3.8, 4) is 0 Å². The minimum atomic E-state index is -0.0744. The second kappa shape index (κ2) is 13.2. The van der Waals surface area contributed by atoms with Crippen LogP contribution in [0.3, 0.4) is 0 Å². The van der Waals surface area contributed by atoms with Gasteiger partial charge >= 0.3 is 0 Å². The van der Waals surface area contributed by atoms with E-state index in [4.69, 9.17) is 23.2 Å². The van der Waals surface area contributed by atoms with Crippen molar-refractivity contribution in [3.63, 3.8) is 0 Å². The minimum Gasteiger partial charge on any atom is -0.353 e. The van der Waals surface area contributed by atoms with Gasteiger partial charge in [-0.1, -0.05) is 54.6 Å². The van der Waals surface area contributed by atoms with Crippen LogP contribution in [-0.2, 0) is 6.54 Å². The molecule has 1 aromatic carbocycles. The van der Waals surface area contributed by atoms with Crippen LogP contribution in [0.5, 0.6) is 0 Å². The third-order valence-electron chi connectivity index (χ3n) is 9.12. The van der Waals surface area contributed by atoms with E-state index >= 15 is 0 Å². The van der Waals surface area contributed by atoms with Crippen LogP contribution < -0.4 is 10.2 Å². The maximum absolute atomic E-state index is 12.9. The Bertz CT molecular complexity index is 1110. The predicted octanol–water partition coefficient (Wildman–Crippen LogP) is 6.51. The summed E-state index contributed by atoms with van der Waals surface area (Å²) in [7, 11) is 0. The molecule has 214 valence electrons. The van der Waals surface area contributed by atoms with Gasteiger partial charge in [0.1, 0.15) is 5.82 Å². The number of amides is 1. The Kier molecular flexibility index (Phi) is 9.70. The minimum absolute atomic E-state index is 0. The van der Waals surface area contributed by atoms with Crippen LogP contribution in [0.4, 0.5) is 5.82 Å². The Morgan fingerprint density at radius 3 is 2.44 bits per heavy atom. The molecule has 1 aliphatic carbocycles. The van der Waals surface area contributed by atoms with Gasteiger partial charge in [-0.15, -0.1) is 0 Å². The van der Waals surface area contributed by atoms with E-state index in [2.05, 4.69) is 51.0 Å². The highest BCUT2D eigenvalue weighted by molar-refractivity contribution is 6.33. The number of likely N-dealkylation sites (tertiary alicyclic amines) is 1. The molecule has 1 amide bonds. The molecule has 2 aliphatic heterocycles. The molecule has 3 fully saturated rings. The van der Waals surface area contributed by atoms with Gasteiger partial charge in [0.2, 0.25) is 0 Å². The van der Waals surface area contributed by atoms with Gasteiger partial charge in [0, 0.05) is 57.0 Å². The number of hydrogen-bond donors (Lipinski definition) is 1. The lowest BCUT2D eigenvalue weighted by atomic mass is 9.84. The van der Waals surface area contributed by atoms with E-state index in [1.54, 1.807) is 12.3 Å². The van der Waals surface area contributed by atoms with E-state index in [1.165, 1.54) is 50.5 Å². The van der Waals surface area contributed by atoms with E-state index in [0.29, 0.717) is 28.6 Å². The lowest BCUT2D eigenvalue weighted by Gasteiger charge is -2.47. The average molecular weight is 575 g/mol. The average Bonchev–Trinajstić information content (AvgIpc) is 2.95. The summed E-state index contributed by atoms with van der Waals surface area (Å²) in [6, 6.07) is 11.2. The fraction of sp³-hybridized carbons (Fsp3) is 0.613. The number of aromatic nitrogens is 1. The normalized spacial score (nSPS) is 23.1. The van der Waals surface area contributed by atoms with Crippen molar-refractivity contribution in [2.45, 2.75) is 83.5 Å². The van der Waals surface area contributed by atoms with Crippen molar-refractivity contribution in [3.05, 3.63) is 57.7 Å². The number of hydrogen-bond acceptors (Lipinski definition) is 5. The summed E-state index contributed by atoms with van der Waals surface area (Å²) in [5.74, 6) is 1.28. The Balaban J connectivity index is 0.00000370. The summed E-state index contributed by atoms with van der Waals surface area (Å²) >= 11 is 12.7. The first-order chi connectivity index (χ1) is 18.9. The zero-order valence-electron chi connectivity index (χ0n) is 23.4. The Labute approximate surface area is 245 Å². The number of anilines is 1. The van der Waals surface area contributed by atoms with Crippen molar-refractivity contribution < 1.29 is 6.22 Å². The van der Waals surface area contributed by atoms with Crippen LogP contribution in [-0.4, -0.2) is 71.5 Å². The molecule has 39 heavy (non-hydrogen) atoms. The molecule has 0 radical (unpaired) electrons. The fourth-order valence-corrected chi connectivity index (χ4v) is 7.21. The number of pyridine rings is 1. The van der Waals surface area contributed by atoms with Gasteiger partial charge in [-0.3, -0.25) is 14.6 Å². The Morgan fingerprint density at radius 2 is 1.77 bits per heavy atom. The van der Waals surface area contributed by atoms with Gasteiger partial charge in [0.05, 0.1) is 10.6 Å². The van der Waals surface area contributed by atoms with Gasteiger partial charge < -0.3 is 10.2 Å². The fourth-order valence-electron chi connectivity index (χ4n) is 6.79. The van der Waals surface area contributed by atoms with Crippen LogP contribution in [0.25, 0.3) is 0 Å². The predicted molar refractivity (Wildman–Crippen MR) is 163 cm³/mol. The van der Waals surface area contributed by atoms with Crippen molar-refractivity contribution >= 4 is 34.9 Å². The molecule has 5 rings (SSSR count). The van der Waals surface area contributed by atoms with E-state index in [-0.39, 0.29) is 13.4 Å². The number of benzene rings is 1. The lowest BCUT2D eigenvalue weighted by Crippen LogP contribution is -2.57. The molecule has 8 heteroatoms. The number of carbonyl (C=O) groups excluding carboxylic acids is 1. The summed E-state index contributed by atoms with van der Waals surface area (Å²) in [6.07, 6.45) is 10.3. The topological polar surface area (TPSA) is 51.7 Å². The van der Waals surface area contributed by atoms with Crippen LogP contribution in [0, 0.1) is 5.92 Å². The maximum atomic E-state index is 12.9. The highest BCUT2D eigenvalue weighted by Gasteiger charge is 2.33. The number of rotatable bonds is 7. The van der Waals surface area contributed by atoms with Crippen LogP contribution in [0.1, 0.15) is 76.1 Å². The number of halogens is 2. The zero-order valence-corrected chi connectivity index (χ0v) is 24.9. The van der Waals surface area contributed by atoms with Gasteiger partial charge in [-0.05, 0) is 82.3 Å². The second-order valence-electron chi connectivity index (χ2n) is 11.9. The third-order valence-corrected chi connectivity index (χ3v) is 9.65. The number of piperazine rings is 1. The van der Waals surface area contributed by atoms with E-state index in [1.807, 2.05) is 12.1 Å². The molecule has 0 bridgehead atoms. The highest BCUT2D eigenvalue weighted by atomic mass is 35.5. The maximum Gasteiger partial charge on any atom is 0.253 e. The first-order valence-electron chi connectivity index (χ1n) is 14.8. The van der Waals surface area contributed by atoms with Crippen molar-refractivity contribution in [1.29, 1.82) is 0 Å². The van der Waals surface area contributed by atoms with Crippen LogP contribution in [0.15, 0.2) is 36.5 Å². The number of nitrogens with zero attached hydrogens (tertiary/aromatic N) is 4. The SMILES string of the molecule is C[C@@H](NC(=O)c1cnc(N2CCN(C3CCN(Cc4ccc(Cl)cc4)CC3)[C@@H](C)C2)c(Cl)c1)C1CCCCC1.[HH]. The van der Waals surface area contributed by atoms with Crippen LogP contribution in [0.2, 0.25) is 10.0 Å². The number of nitrogens with one attached hydrogen (secondary N) is 1. The molecule has 1 N–H and O–H groups in total. The monoisotopic (exact) mass is 573 g/mol. The lowest BCUT2D eigenvalue weighted by molar-refractivity contribution is 0.0690. The molecular weight excluding hydrogens is 529 g/mol. The van der Waals surface area contributed by atoms with E-state index in [0.717, 1.165) is 50.1 Å². The van der Waals surface area contributed by atoms with Gasteiger partial charge in [-0.25, -0.2) is 4.98 Å². The van der Waals surface area contributed by atoms with Gasteiger partial charge in [0.25, 0.3) is 5.91 Å². The first-order valence-corrected chi connectivity index (χ1v) is 15.6. The first kappa shape index (κ1) is 28.7. The van der Waals surface area contributed by atoms with E-state index < -0.39 is 0 Å². The van der Waals surface area contributed by atoms with Crippen molar-refractivity contribution in [1.82, 2.24) is 20.1 Å².